The summed E-state index contributed by atoms with van der Waals surface area (Å²) in [4.78, 5) is 9.72. The van der Waals surface area contributed by atoms with Gasteiger partial charge in [-0.1, -0.05) is 13.8 Å². The molecule has 8 nitrogen and oxygen atoms in total. The second-order valence-corrected chi connectivity index (χ2v) is 7.15. The van der Waals surface area contributed by atoms with Crippen molar-refractivity contribution in [2.24, 2.45) is 10.9 Å². The summed E-state index contributed by atoms with van der Waals surface area (Å²) in [5.41, 5.74) is 0. The van der Waals surface area contributed by atoms with Crippen molar-refractivity contribution in [3.05, 3.63) is 12.2 Å². The second-order valence-electron chi connectivity index (χ2n) is 7.15. The van der Waals surface area contributed by atoms with Crippen molar-refractivity contribution in [1.29, 1.82) is 0 Å². The van der Waals surface area contributed by atoms with Crippen molar-refractivity contribution >= 4 is 5.96 Å². The first-order chi connectivity index (χ1) is 12.6. The van der Waals surface area contributed by atoms with Gasteiger partial charge >= 0.3 is 0 Å². The number of aromatic nitrogens is 3. The van der Waals surface area contributed by atoms with Crippen molar-refractivity contribution in [2.45, 2.75) is 33.7 Å². The Morgan fingerprint density at radius 1 is 1.23 bits per heavy atom. The molecule has 0 saturated carbocycles. The first-order valence-corrected chi connectivity index (χ1v) is 9.92. The first-order valence-electron chi connectivity index (χ1n) is 9.92. The number of aliphatic imine (C=N–C) groups is 1. The van der Waals surface area contributed by atoms with E-state index in [0.29, 0.717) is 5.92 Å². The summed E-state index contributed by atoms with van der Waals surface area (Å²) in [6, 6.07) is 0. The zero-order valence-electron chi connectivity index (χ0n) is 16.9. The van der Waals surface area contributed by atoms with Crippen molar-refractivity contribution in [1.82, 2.24) is 35.2 Å². The highest BCUT2D eigenvalue weighted by Crippen LogP contribution is 2.05. The minimum Gasteiger partial charge on any atom is -0.357 e. The Morgan fingerprint density at radius 2 is 2.00 bits per heavy atom. The molecule has 1 fully saturated rings. The Balaban J connectivity index is 1.74. The molecule has 0 aromatic carbocycles. The molecule has 1 atom stereocenters. The maximum Gasteiger partial charge on any atom is 0.191 e. The van der Waals surface area contributed by atoms with Crippen LogP contribution in [0.1, 0.15) is 26.6 Å². The van der Waals surface area contributed by atoms with Crippen LogP contribution in [0.25, 0.3) is 0 Å². The van der Waals surface area contributed by atoms with Gasteiger partial charge in [-0.25, -0.2) is 0 Å². The smallest absolute Gasteiger partial charge is 0.191 e. The van der Waals surface area contributed by atoms with Crippen LogP contribution < -0.4 is 10.6 Å². The molecule has 1 aromatic rings. The van der Waals surface area contributed by atoms with Crippen LogP contribution in [0.3, 0.4) is 0 Å². The number of guanidine groups is 1. The third-order valence-electron chi connectivity index (χ3n) is 4.73. The zero-order valence-corrected chi connectivity index (χ0v) is 16.9. The summed E-state index contributed by atoms with van der Waals surface area (Å²) in [6.45, 7) is 15.6. The zero-order chi connectivity index (χ0) is 18.8. The van der Waals surface area contributed by atoms with Gasteiger partial charge in [0, 0.05) is 65.3 Å². The molecule has 1 aromatic heterocycles. The standard InChI is InChI=1S/C18H36N8/c1-5-17-23-22-15-26(17)8-7-20-18(19-6-2)21-13-16(3)14-25-11-9-24(4)10-12-25/h15-16H,5-14H2,1-4H3,(H2,19,20,21). The van der Waals surface area contributed by atoms with Crippen molar-refractivity contribution in [3.8, 4) is 0 Å². The van der Waals surface area contributed by atoms with Crippen LogP contribution >= 0.6 is 0 Å². The molecule has 1 aliphatic heterocycles. The van der Waals surface area contributed by atoms with Gasteiger partial charge in [-0.2, -0.15) is 0 Å². The van der Waals surface area contributed by atoms with E-state index in [-0.39, 0.29) is 0 Å². The number of likely N-dealkylation sites (N-methyl/N-ethyl adjacent to an activating group) is 1. The Bertz CT molecular complexity index is 533. The van der Waals surface area contributed by atoms with E-state index >= 15 is 0 Å². The molecule has 2 rings (SSSR count). The van der Waals surface area contributed by atoms with E-state index in [2.05, 4.69) is 63.0 Å². The molecule has 26 heavy (non-hydrogen) atoms. The number of nitrogens with one attached hydrogen (secondary N) is 2. The molecule has 148 valence electrons. The average molecular weight is 365 g/mol. The third kappa shape index (κ3) is 6.92. The van der Waals surface area contributed by atoms with Gasteiger partial charge in [0.2, 0.25) is 0 Å². The number of piperazine rings is 1. The monoisotopic (exact) mass is 364 g/mol. The van der Waals surface area contributed by atoms with Crippen molar-refractivity contribution < 1.29 is 0 Å². The fourth-order valence-electron chi connectivity index (χ4n) is 3.15. The van der Waals surface area contributed by atoms with Gasteiger partial charge in [0.1, 0.15) is 12.2 Å². The van der Waals surface area contributed by atoms with E-state index in [9.17, 15) is 0 Å². The third-order valence-corrected chi connectivity index (χ3v) is 4.73. The molecule has 0 spiro atoms. The Labute approximate surface area is 158 Å². The topological polar surface area (TPSA) is 73.6 Å². The molecule has 0 bridgehead atoms. The summed E-state index contributed by atoms with van der Waals surface area (Å²) < 4.78 is 2.09. The van der Waals surface area contributed by atoms with E-state index in [4.69, 9.17) is 4.99 Å². The van der Waals surface area contributed by atoms with E-state index in [1.165, 1.54) is 26.2 Å². The SMILES string of the molecule is CCNC(=NCC(C)CN1CCN(C)CC1)NCCn1cnnc1CC. The van der Waals surface area contributed by atoms with Gasteiger partial charge in [-0.3, -0.25) is 4.99 Å². The fourth-order valence-corrected chi connectivity index (χ4v) is 3.15. The molecule has 2 N–H and O–H groups in total. The van der Waals surface area contributed by atoms with Crippen LogP contribution in [0.5, 0.6) is 0 Å². The van der Waals surface area contributed by atoms with Gasteiger partial charge in [0.05, 0.1) is 0 Å². The van der Waals surface area contributed by atoms with Crippen LogP contribution in [0.2, 0.25) is 0 Å². The largest absolute Gasteiger partial charge is 0.357 e. The molecule has 0 radical (unpaired) electrons. The first kappa shape index (κ1) is 20.6. The molecule has 0 amide bonds. The lowest BCUT2D eigenvalue weighted by molar-refractivity contribution is 0.140. The second kappa shape index (κ2) is 11.1. The van der Waals surface area contributed by atoms with Crippen LogP contribution in [0.15, 0.2) is 11.3 Å². The Morgan fingerprint density at radius 3 is 2.69 bits per heavy atom. The normalized spacial score (nSPS) is 18.1. The molecule has 1 saturated heterocycles. The van der Waals surface area contributed by atoms with E-state index < -0.39 is 0 Å². The van der Waals surface area contributed by atoms with Gasteiger partial charge < -0.3 is 25.0 Å². The van der Waals surface area contributed by atoms with Crippen LogP contribution in [-0.2, 0) is 13.0 Å². The van der Waals surface area contributed by atoms with Crippen LogP contribution in [0.4, 0.5) is 0 Å². The predicted octanol–water partition coefficient (Wildman–Crippen LogP) is 0.279. The fraction of sp³-hybridized carbons (Fsp3) is 0.833. The molecular formula is C18H36N8. The number of hydrogen-bond donors (Lipinski definition) is 2. The van der Waals surface area contributed by atoms with Crippen LogP contribution in [0, 0.1) is 5.92 Å². The lowest BCUT2D eigenvalue weighted by atomic mass is 10.1. The predicted molar refractivity (Wildman–Crippen MR) is 106 cm³/mol. The van der Waals surface area contributed by atoms with E-state index in [1.54, 1.807) is 6.33 Å². The molecular weight excluding hydrogens is 328 g/mol. The van der Waals surface area contributed by atoms with E-state index in [0.717, 1.165) is 50.9 Å². The molecule has 1 aliphatic rings. The lowest BCUT2D eigenvalue weighted by Crippen LogP contribution is -2.46. The quantitative estimate of drug-likeness (QED) is 0.484. The van der Waals surface area contributed by atoms with E-state index in [1.807, 2.05) is 0 Å². The Kier molecular flexibility index (Phi) is 8.84. The highest BCUT2D eigenvalue weighted by molar-refractivity contribution is 5.79. The number of hydrogen-bond acceptors (Lipinski definition) is 5. The van der Waals surface area contributed by atoms with Crippen LogP contribution in [-0.4, -0.2) is 89.9 Å². The minimum atomic E-state index is 0.554. The van der Waals surface area contributed by atoms with Gasteiger partial charge in [-0.15, -0.1) is 10.2 Å². The summed E-state index contributed by atoms with van der Waals surface area (Å²) in [6.07, 6.45) is 2.70. The molecule has 8 heteroatoms. The lowest BCUT2D eigenvalue weighted by Gasteiger charge is -2.33. The number of aryl methyl sites for hydroxylation is 1. The van der Waals surface area contributed by atoms with Gasteiger partial charge in [0.25, 0.3) is 0 Å². The maximum absolute atomic E-state index is 4.77. The molecule has 2 heterocycles. The Hall–Kier alpha value is -1.67. The summed E-state index contributed by atoms with van der Waals surface area (Å²) in [5, 5.41) is 14.8. The highest BCUT2D eigenvalue weighted by atomic mass is 15.3. The summed E-state index contributed by atoms with van der Waals surface area (Å²) >= 11 is 0. The number of nitrogens with zero attached hydrogens (tertiary/aromatic N) is 6. The summed E-state index contributed by atoms with van der Waals surface area (Å²) in [7, 11) is 2.20. The highest BCUT2D eigenvalue weighted by Gasteiger charge is 2.16. The minimum absolute atomic E-state index is 0.554. The summed E-state index contributed by atoms with van der Waals surface area (Å²) in [5.74, 6) is 2.47. The van der Waals surface area contributed by atoms with Gasteiger partial charge in [0.15, 0.2) is 5.96 Å². The molecule has 1 unspecified atom stereocenters. The van der Waals surface area contributed by atoms with Gasteiger partial charge in [-0.05, 0) is 19.9 Å². The molecule has 0 aliphatic carbocycles. The average Bonchev–Trinajstić information content (AvgIpc) is 3.09. The van der Waals surface area contributed by atoms with Crippen molar-refractivity contribution in [2.75, 3.05) is 59.4 Å². The number of rotatable bonds is 9. The maximum atomic E-state index is 4.77. The van der Waals surface area contributed by atoms with Crippen molar-refractivity contribution in [3.63, 3.8) is 0 Å².